The molecule has 0 bridgehead atoms. The van der Waals surface area contributed by atoms with E-state index in [1.807, 2.05) is 36.5 Å². The molecule has 5 nitrogen and oxygen atoms in total. The largest absolute Gasteiger partial charge is 0.323 e. The van der Waals surface area contributed by atoms with Gasteiger partial charge < -0.3 is 11.1 Å². The smallest absolute Gasteiger partial charge is 0.241 e. The summed E-state index contributed by atoms with van der Waals surface area (Å²) in [6.45, 7) is 1.64. The lowest BCUT2D eigenvalue weighted by atomic mass is 10.2. The van der Waals surface area contributed by atoms with Crippen molar-refractivity contribution in [3.8, 4) is 5.69 Å². The van der Waals surface area contributed by atoms with E-state index in [2.05, 4.69) is 10.4 Å². The first-order chi connectivity index (χ1) is 8.18. The van der Waals surface area contributed by atoms with Crippen LogP contribution < -0.4 is 11.1 Å². The molecule has 0 fully saturated rings. The molecule has 88 valence electrons. The van der Waals surface area contributed by atoms with E-state index in [4.69, 9.17) is 5.73 Å². The number of rotatable bonds is 3. The number of nitrogens with two attached hydrogens (primary N) is 1. The van der Waals surface area contributed by atoms with Crippen molar-refractivity contribution in [2.75, 3.05) is 5.32 Å². The predicted octanol–water partition coefficient (Wildman–Crippen LogP) is 1.16. The Hall–Kier alpha value is -2.14. The highest BCUT2D eigenvalue weighted by Gasteiger charge is 2.10. The van der Waals surface area contributed by atoms with Crippen molar-refractivity contribution in [3.05, 3.63) is 42.7 Å². The minimum atomic E-state index is -0.541. The van der Waals surface area contributed by atoms with Crippen LogP contribution in [0.4, 0.5) is 5.69 Å². The van der Waals surface area contributed by atoms with Crippen molar-refractivity contribution >= 4 is 11.6 Å². The van der Waals surface area contributed by atoms with Crippen LogP contribution in [0.1, 0.15) is 6.92 Å². The lowest BCUT2D eigenvalue weighted by molar-refractivity contribution is -0.117. The van der Waals surface area contributed by atoms with Crippen LogP contribution in [0, 0.1) is 0 Å². The summed E-state index contributed by atoms with van der Waals surface area (Å²) in [4.78, 5) is 11.6. The Morgan fingerprint density at radius 3 is 2.82 bits per heavy atom. The standard InChI is InChI=1S/C12H14N4O/c1-9(13)12(17)15-10-5-2-3-6-11(10)16-8-4-7-14-16/h2-9H,13H2,1H3,(H,15,17)/t9-/m1/s1. The molecule has 17 heavy (non-hydrogen) atoms. The van der Waals surface area contributed by atoms with E-state index in [1.54, 1.807) is 17.8 Å². The highest BCUT2D eigenvalue weighted by atomic mass is 16.2. The second-order valence-electron chi connectivity index (χ2n) is 3.75. The van der Waals surface area contributed by atoms with Gasteiger partial charge in [-0.25, -0.2) is 4.68 Å². The van der Waals surface area contributed by atoms with Gasteiger partial charge in [-0.1, -0.05) is 12.1 Å². The van der Waals surface area contributed by atoms with Gasteiger partial charge in [0.25, 0.3) is 0 Å². The second kappa shape index (κ2) is 4.80. The van der Waals surface area contributed by atoms with Gasteiger partial charge in [0.2, 0.25) is 5.91 Å². The molecule has 0 spiro atoms. The molecule has 5 heteroatoms. The molecule has 0 saturated heterocycles. The fourth-order valence-corrected chi connectivity index (χ4v) is 1.44. The van der Waals surface area contributed by atoms with Crippen molar-refractivity contribution in [2.45, 2.75) is 13.0 Å². The van der Waals surface area contributed by atoms with Crippen molar-refractivity contribution < 1.29 is 4.79 Å². The van der Waals surface area contributed by atoms with Gasteiger partial charge in [0.1, 0.15) is 0 Å². The Morgan fingerprint density at radius 1 is 1.41 bits per heavy atom. The summed E-state index contributed by atoms with van der Waals surface area (Å²) in [5.41, 5.74) is 7.02. The molecule has 1 atom stereocenters. The summed E-state index contributed by atoms with van der Waals surface area (Å²) in [6.07, 6.45) is 3.50. The van der Waals surface area contributed by atoms with E-state index in [-0.39, 0.29) is 5.91 Å². The number of amides is 1. The zero-order valence-corrected chi connectivity index (χ0v) is 9.50. The SMILES string of the molecule is C[C@@H](N)C(=O)Nc1ccccc1-n1cccn1. The van der Waals surface area contributed by atoms with Gasteiger partial charge in [-0.05, 0) is 25.1 Å². The summed E-state index contributed by atoms with van der Waals surface area (Å²) in [6, 6.07) is 8.72. The molecule has 1 amide bonds. The van der Waals surface area contributed by atoms with Gasteiger partial charge in [0, 0.05) is 12.4 Å². The third kappa shape index (κ3) is 2.51. The Balaban J connectivity index is 2.32. The van der Waals surface area contributed by atoms with Gasteiger partial charge >= 0.3 is 0 Å². The normalized spacial score (nSPS) is 12.1. The van der Waals surface area contributed by atoms with E-state index < -0.39 is 6.04 Å². The van der Waals surface area contributed by atoms with Crippen LogP contribution in [0.15, 0.2) is 42.7 Å². The minimum absolute atomic E-state index is 0.218. The van der Waals surface area contributed by atoms with Crippen molar-refractivity contribution in [1.82, 2.24) is 9.78 Å². The molecule has 1 heterocycles. The monoisotopic (exact) mass is 230 g/mol. The Bertz CT molecular complexity index is 505. The molecule has 0 aliphatic carbocycles. The molecule has 2 aromatic rings. The lowest BCUT2D eigenvalue weighted by Gasteiger charge is -2.12. The van der Waals surface area contributed by atoms with Crippen LogP contribution in [0.3, 0.4) is 0 Å². The number of aromatic nitrogens is 2. The Kier molecular flexibility index (Phi) is 3.20. The highest BCUT2D eigenvalue weighted by molar-refractivity contribution is 5.96. The first kappa shape index (κ1) is 11.3. The van der Waals surface area contributed by atoms with Crippen LogP contribution in [0.25, 0.3) is 5.69 Å². The zero-order chi connectivity index (χ0) is 12.3. The Labute approximate surface area is 99.2 Å². The van der Waals surface area contributed by atoms with Crippen LogP contribution >= 0.6 is 0 Å². The van der Waals surface area contributed by atoms with Crippen LogP contribution in [0.5, 0.6) is 0 Å². The number of benzene rings is 1. The van der Waals surface area contributed by atoms with Gasteiger partial charge in [0.05, 0.1) is 17.4 Å². The third-order valence-corrected chi connectivity index (χ3v) is 2.33. The maximum absolute atomic E-state index is 11.6. The molecule has 0 aliphatic heterocycles. The first-order valence-corrected chi connectivity index (χ1v) is 5.34. The van der Waals surface area contributed by atoms with Crippen LogP contribution in [0.2, 0.25) is 0 Å². The molecule has 1 aromatic heterocycles. The van der Waals surface area contributed by atoms with Gasteiger partial charge in [-0.2, -0.15) is 5.10 Å². The number of hydrogen-bond acceptors (Lipinski definition) is 3. The second-order valence-corrected chi connectivity index (χ2v) is 3.75. The maximum atomic E-state index is 11.6. The number of hydrogen-bond donors (Lipinski definition) is 2. The molecular weight excluding hydrogens is 216 g/mol. The summed E-state index contributed by atoms with van der Waals surface area (Å²) < 4.78 is 1.69. The van der Waals surface area contributed by atoms with Gasteiger partial charge in [0.15, 0.2) is 0 Å². The number of anilines is 1. The minimum Gasteiger partial charge on any atom is -0.323 e. The zero-order valence-electron chi connectivity index (χ0n) is 9.50. The molecule has 3 N–H and O–H groups in total. The van der Waals surface area contributed by atoms with Crippen LogP contribution in [-0.2, 0) is 4.79 Å². The summed E-state index contributed by atoms with van der Waals surface area (Å²) in [5, 5.41) is 6.91. The molecule has 0 saturated carbocycles. The molecular formula is C12H14N4O. The molecule has 2 rings (SSSR count). The molecule has 1 aromatic carbocycles. The molecule has 0 aliphatic rings. The van der Waals surface area contributed by atoms with Crippen LogP contribution in [-0.4, -0.2) is 21.7 Å². The fraction of sp³-hybridized carbons (Fsp3) is 0.167. The summed E-state index contributed by atoms with van der Waals surface area (Å²) in [7, 11) is 0. The summed E-state index contributed by atoms with van der Waals surface area (Å²) >= 11 is 0. The van der Waals surface area contributed by atoms with E-state index in [1.165, 1.54) is 0 Å². The predicted molar refractivity (Wildman–Crippen MR) is 65.8 cm³/mol. The average Bonchev–Trinajstić information content (AvgIpc) is 2.83. The molecule has 0 radical (unpaired) electrons. The highest BCUT2D eigenvalue weighted by Crippen LogP contribution is 2.18. The average molecular weight is 230 g/mol. The number of carbonyl (C=O) groups is 1. The van der Waals surface area contributed by atoms with E-state index in [0.717, 1.165) is 5.69 Å². The maximum Gasteiger partial charge on any atom is 0.241 e. The van der Waals surface area contributed by atoms with Crippen molar-refractivity contribution in [2.24, 2.45) is 5.73 Å². The molecule has 0 unspecified atom stereocenters. The van der Waals surface area contributed by atoms with Gasteiger partial charge in [-0.15, -0.1) is 0 Å². The van der Waals surface area contributed by atoms with E-state index in [9.17, 15) is 4.79 Å². The fourth-order valence-electron chi connectivity index (χ4n) is 1.44. The Morgan fingerprint density at radius 2 is 2.18 bits per heavy atom. The van der Waals surface area contributed by atoms with Crippen molar-refractivity contribution in [3.63, 3.8) is 0 Å². The number of carbonyl (C=O) groups excluding carboxylic acids is 1. The van der Waals surface area contributed by atoms with Gasteiger partial charge in [-0.3, -0.25) is 4.79 Å². The third-order valence-electron chi connectivity index (χ3n) is 2.33. The van der Waals surface area contributed by atoms with E-state index in [0.29, 0.717) is 5.69 Å². The van der Waals surface area contributed by atoms with E-state index >= 15 is 0 Å². The lowest BCUT2D eigenvalue weighted by Crippen LogP contribution is -2.32. The number of para-hydroxylation sites is 2. The van der Waals surface area contributed by atoms with Crippen molar-refractivity contribution in [1.29, 1.82) is 0 Å². The number of nitrogens with zero attached hydrogens (tertiary/aromatic N) is 2. The first-order valence-electron chi connectivity index (χ1n) is 5.34. The number of nitrogens with one attached hydrogen (secondary N) is 1. The quantitative estimate of drug-likeness (QED) is 0.831. The topological polar surface area (TPSA) is 72.9 Å². The summed E-state index contributed by atoms with van der Waals surface area (Å²) in [5.74, 6) is -0.218.